The van der Waals surface area contributed by atoms with Crippen molar-refractivity contribution in [2.75, 3.05) is 6.54 Å². The largest absolute Gasteiger partial charge is 0.508 e. The van der Waals surface area contributed by atoms with Gasteiger partial charge >= 0.3 is 0 Å². The van der Waals surface area contributed by atoms with Crippen molar-refractivity contribution in [3.8, 4) is 5.75 Å². The van der Waals surface area contributed by atoms with Crippen molar-refractivity contribution in [1.82, 2.24) is 5.32 Å². The van der Waals surface area contributed by atoms with Gasteiger partial charge in [-0.05, 0) is 24.6 Å². The lowest BCUT2D eigenvalue weighted by molar-refractivity contribution is 0.464. The molecule has 0 amide bonds. The van der Waals surface area contributed by atoms with Gasteiger partial charge in [-0.15, -0.1) is 0 Å². The Bertz CT molecular complexity index is 414. The molecule has 2 N–H and O–H groups in total. The molecule has 0 heterocycles. The Morgan fingerprint density at radius 1 is 1.29 bits per heavy atom. The van der Waals surface area contributed by atoms with Gasteiger partial charge in [0, 0.05) is 12.1 Å². The molecule has 94 valence electrons. The fourth-order valence-corrected chi connectivity index (χ4v) is 1.69. The van der Waals surface area contributed by atoms with E-state index in [9.17, 15) is 5.11 Å². The van der Waals surface area contributed by atoms with Gasteiger partial charge in [0.2, 0.25) is 0 Å². The minimum absolute atomic E-state index is 0.0112. The van der Waals surface area contributed by atoms with Gasteiger partial charge in [0.05, 0.1) is 5.03 Å². The summed E-state index contributed by atoms with van der Waals surface area (Å²) in [5, 5.41) is 13.3. The molecule has 0 aliphatic carbocycles. The van der Waals surface area contributed by atoms with Crippen LogP contribution in [0.5, 0.6) is 5.75 Å². The first kappa shape index (κ1) is 14.7. The molecule has 0 saturated heterocycles. The van der Waals surface area contributed by atoms with Gasteiger partial charge < -0.3 is 10.4 Å². The number of halogens is 3. The van der Waals surface area contributed by atoms with E-state index in [4.69, 9.17) is 34.8 Å². The van der Waals surface area contributed by atoms with E-state index < -0.39 is 0 Å². The van der Waals surface area contributed by atoms with Crippen molar-refractivity contribution >= 4 is 39.8 Å². The highest BCUT2D eigenvalue weighted by molar-refractivity contribution is 6.66. The minimum Gasteiger partial charge on any atom is -0.508 e. The van der Waals surface area contributed by atoms with Crippen LogP contribution in [0.2, 0.25) is 0 Å². The molecule has 0 radical (unpaired) electrons. The molecule has 0 aliphatic heterocycles. The highest BCUT2D eigenvalue weighted by Gasteiger charge is 2.07. The van der Waals surface area contributed by atoms with E-state index in [1.165, 1.54) is 0 Å². The van der Waals surface area contributed by atoms with Gasteiger partial charge in [0.15, 0.2) is 0 Å². The van der Waals surface area contributed by atoms with Crippen molar-refractivity contribution in [1.29, 1.82) is 0 Å². The second-order valence-corrected chi connectivity index (χ2v) is 4.92. The summed E-state index contributed by atoms with van der Waals surface area (Å²) in [5.41, 5.74) is 1.42. The van der Waals surface area contributed by atoms with E-state index >= 15 is 0 Å². The van der Waals surface area contributed by atoms with Crippen LogP contribution in [0.25, 0.3) is 5.03 Å². The first-order valence-electron chi connectivity index (χ1n) is 5.30. The van der Waals surface area contributed by atoms with Gasteiger partial charge in [-0.25, -0.2) is 0 Å². The predicted molar refractivity (Wildman–Crippen MR) is 74.6 cm³/mol. The average Bonchev–Trinajstić information content (AvgIpc) is 2.30. The smallest absolute Gasteiger partial charge is 0.126 e. The zero-order valence-corrected chi connectivity index (χ0v) is 11.7. The first-order valence-corrected chi connectivity index (χ1v) is 6.43. The molecular formula is C12H14Cl3NO. The Kier molecular flexibility index (Phi) is 6.14. The monoisotopic (exact) mass is 293 g/mol. The van der Waals surface area contributed by atoms with Gasteiger partial charge in [-0.3, -0.25) is 0 Å². The second kappa shape index (κ2) is 7.12. The first-order chi connectivity index (χ1) is 8.06. The van der Waals surface area contributed by atoms with E-state index in [1.807, 2.05) is 0 Å². The summed E-state index contributed by atoms with van der Waals surface area (Å²) < 4.78 is -0.0112. The minimum atomic E-state index is -0.0112. The van der Waals surface area contributed by atoms with Crippen molar-refractivity contribution in [3.63, 3.8) is 0 Å². The molecule has 0 saturated carbocycles. The quantitative estimate of drug-likeness (QED) is 0.796. The maximum atomic E-state index is 9.81. The molecule has 17 heavy (non-hydrogen) atoms. The normalized spacial score (nSPS) is 10.4. The number of rotatable bonds is 5. The lowest BCUT2D eigenvalue weighted by Gasteiger charge is -2.08. The van der Waals surface area contributed by atoms with Crippen LogP contribution in [0.1, 0.15) is 24.5 Å². The third-order valence-corrected chi connectivity index (χ3v) is 3.23. The number of aromatic hydroxyl groups is 1. The third kappa shape index (κ3) is 4.40. The van der Waals surface area contributed by atoms with Gasteiger partial charge in [0.1, 0.15) is 10.2 Å². The Balaban J connectivity index is 2.83. The molecular weight excluding hydrogens is 280 g/mol. The number of hydrogen-bond donors (Lipinski definition) is 2. The number of phenolic OH excluding ortho intramolecular Hbond substituents is 1. The van der Waals surface area contributed by atoms with Crippen molar-refractivity contribution in [2.45, 2.75) is 19.9 Å². The molecule has 0 atom stereocenters. The molecule has 1 aromatic carbocycles. The van der Waals surface area contributed by atoms with Crippen LogP contribution < -0.4 is 5.32 Å². The number of nitrogens with one attached hydrogen (secondary N) is 1. The SMILES string of the molecule is CCCNCc1ccc(C(Cl)=C(Cl)Cl)cc1O. The topological polar surface area (TPSA) is 32.3 Å². The van der Waals surface area contributed by atoms with E-state index in [0.29, 0.717) is 12.1 Å². The fraction of sp³-hybridized carbons (Fsp3) is 0.333. The third-order valence-electron chi connectivity index (χ3n) is 2.25. The summed E-state index contributed by atoms with van der Waals surface area (Å²) in [6, 6.07) is 5.12. The molecule has 0 unspecified atom stereocenters. The fourth-order valence-electron chi connectivity index (χ4n) is 1.36. The second-order valence-electron chi connectivity index (χ2n) is 3.59. The van der Waals surface area contributed by atoms with Gasteiger partial charge in [-0.2, -0.15) is 0 Å². The molecule has 0 spiro atoms. The van der Waals surface area contributed by atoms with E-state index in [-0.39, 0.29) is 15.3 Å². The van der Waals surface area contributed by atoms with E-state index in [1.54, 1.807) is 18.2 Å². The van der Waals surface area contributed by atoms with Crippen LogP contribution >= 0.6 is 34.8 Å². The van der Waals surface area contributed by atoms with Crippen molar-refractivity contribution in [2.24, 2.45) is 0 Å². The maximum Gasteiger partial charge on any atom is 0.126 e. The molecule has 1 aromatic rings. The average molecular weight is 295 g/mol. The zero-order valence-electron chi connectivity index (χ0n) is 9.43. The van der Waals surface area contributed by atoms with Crippen LogP contribution in [0.4, 0.5) is 0 Å². The molecule has 0 aliphatic rings. The van der Waals surface area contributed by atoms with Crippen molar-refractivity contribution in [3.05, 3.63) is 33.8 Å². The van der Waals surface area contributed by atoms with Crippen LogP contribution in [-0.4, -0.2) is 11.7 Å². The summed E-state index contributed by atoms with van der Waals surface area (Å²) in [6.07, 6.45) is 1.05. The lowest BCUT2D eigenvalue weighted by Crippen LogP contribution is -2.13. The van der Waals surface area contributed by atoms with E-state index in [0.717, 1.165) is 18.5 Å². The number of benzene rings is 1. The summed E-state index contributed by atoms with van der Waals surface area (Å²) in [6.45, 7) is 3.62. The lowest BCUT2D eigenvalue weighted by atomic mass is 10.1. The Hall–Kier alpha value is -0.410. The van der Waals surface area contributed by atoms with Gasteiger partial charge in [0.25, 0.3) is 0 Å². The molecule has 1 rings (SSSR count). The Morgan fingerprint density at radius 2 is 2.00 bits per heavy atom. The van der Waals surface area contributed by atoms with Gasteiger partial charge in [-0.1, -0.05) is 53.9 Å². The molecule has 0 fully saturated rings. The Labute approximate surface area is 116 Å². The predicted octanol–water partition coefficient (Wildman–Crippen LogP) is 4.23. The highest BCUT2D eigenvalue weighted by Crippen LogP contribution is 2.31. The van der Waals surface area contributed by atoms with Crippen LogP contribution in [0, 0.1) is 0 Å². The van der Waals surface area contributed by atoms with Crippen LogP contribution in [0.15, 0.2) is 22.7 Å². The summed E-state index contributed by atoms with van der Waals surface area (Å²) >= 11 is 17.0. The van der Waals surface area contributed by atoms with Crippen molar-refractivity contribution < 1.29 is 5.11 Å². The molecule has 0 bridgehead atoms. The summed E-state index contributed by atoms with van der Waals surface area (Å²) in [4.78, 5) is 0. The summed E-state index contributed by atoms with van der Waals surface area (Å²) in [5.74, 6) is 0.179. The molecule has 5 heteroatoms. The summed E-state index contributed by atoms with van der Waals surface area (Å²) in [7, 11) is 0. The number of phenols is 1. The highest BCUT2D eigenvalue weighted by atomic mass is 35.5. The number of hydrogen-bond acceptors (Lipinski definition) is 2. The molecule has 2 nitrogen and oxygen atoms in total. The van der Waals surface area contributed by atoms with Crippen LogP contribution in [0.3, 0.4) is 0 Å². The zero-order chi connectivity index (χ0) is 12.8. The van der Waals surface area contributed by atoms with Crippen LogP contribution in [-0.2, 0) is 6.54 Å². The Morgan fingerprint density at radius 3 is 2.53 bits per heavy atom. The molecule has 0 aromatic heterocycles. The standard InChI is InChI=1S/C12H14Cl3NO/c1-2-5-16-7-9-4-3-8(6-10(9)17)11(13)12(14)15/h3-4,6,16-17H,2,5,7H2,1H3. The maximum absolute atomic E-state index is 9.81. The van der Waals surface area contributed by atoms with E-state index in [2.05, 4.69) is 12.2 Å².